The minimum absolute atomic E-state index is 0.114. The molecule has 0 atom stereocenters. The first-order valence-corrected chi connectivity index (χ1v) is 6.94. The Bertz CT molecular complexity index is 705. The molecule has 2 rings (SSSR count). The van der Waals surface area contributed by atoms with Gasteiger partial charge in [0.2, 0.25) is 0 Å². The van der Waals surface area contributed by atoms with Crippen LogP contribution in [0, 0.1) is 5.82 Å². The van der Waals surface area contributed by atoms with Crippen molar-refractivity contribution in [3.63, 3.8) is 0 Å². The van der Waals surface area contributed by atoms with E-state index >= 15 is 0 Å². The van der Waals surface area contributed by atoms with Crippen LogP contribution in [0.4, 0.5) is 10.1 Å². The maximum Gasteiger partial charge on any atom is 0.287 e. The predicted molar refractivity (Wildman–Crippen MR) is 80.7 cm³/mol. The van der Waals surface area contributed by atoms with Gasteiger partial charge in [0.1, 0.15) is 10.8 Å². The summed E-state index contributed by atoms with van der Waals surface area (Å²) in [6, 6.07) is 4.46. The van der Waals surface area contributed by atoms with Crippen LogP contribution in [0.1, 0.15) is 5.56 Å². The third-order valence-corrected chi connectivity index (χ3v) is 3.99. The summed E-state index contributed by atoms with van der Waals surface area (Å²) in [5.41, 5.74) is 1.06. The number of aryl methyl sites for hydroxylation is 1. The van der Waals surface area contributed by atoms with Gasteiger partial charge in [-0.25, -0.2) is 9.07 Å². The summed E-state index contributed by atoms with van der Waals surface area (Å²) >= 11 is 9.35. The molecule has 0 N–H and O–H groups in total. The number of rotatable bonds is 3. The minimum atomic E-state index is -0.353. The molecule has 7 heteroatoms. The van der Waals surface area contributed by atoms with E-state index in [0.717, 1.165) is 5.56 Å². The minimum Gasteiger partial charge on any atom is -0.368 e. The van der Waals surface area contributed by atoms with Crippen molar-refractivity contribution >= 4 is 33.2 Å². The molecule has 1 heterocycles. The zero-order valence-corrected chi connectivity index (χ0v) is 13.2. The highest BCUT2D eigenvalue weighted by atomic mass is 79.9. The highest BCUT2D eigenvalue weighted by Gasteiger charge is 2.13. The van der Waals surface area contributed by atoms with Crippen LogP contribution in [0.2, 0.25) is 5.02 Å². The zero-order valence-electron chi connectivity index (χ0n) is 10.9. The fraction of sp³-hybridized carbons (Fsp3) is 0.231. The Morgan fingerprint density at radius 1 is 1.50 bits per heavy atom. The lowest BCUT2D eigenvalue weighted by molar-refractivity contribution is 0.625. The molecule has 0 aliphatic carbocycles. The van der Waals surface area contributed by atoms with Gasteiger partial charge in [-0.05, 0) is 17.7 Å². The van der Waals surface area contributed by atoms with Crippen molar-refractivity contribution in [2.45, 2.75) is 6.54 Å². The van der Waals surface area contributed by atoms with Crippen LogP contribution >= 0.6 is 27.5 Å². The Morgan fingerprint density at radius 2 is 2.20 bits per heavy atom. The summed E-state index contributed by atoms with van der Waals surface area (Å²) in [6.45, 7) is 0.468. The van der Waals surface area contributed by atoms with E-state index in [1.54, 1.807) is 18.0 Å². The normalized spacial score (nSPS) is 10.7. The van der Waals surface area contributed by atoms with Gasteiger partial charge in [-0.15, -0.1) is 0 Å². The number of anilines is 1. The van der Waals surface area contributed by atoms with Gasteiger partial charge < -0.3 is 4.90 Å². The standard InChI is InChI=1S/C13H12BrClFN3O/c1-18(7-8-3-4-9(16)5-10(8)14)11-6-17-19(2)13(20)12(11)15/h3-6H,7H2,1-2H3. The first kappa shape index (κ1) is 15.0. The van der Waals surface area contributed by atoms with Gasteiger partial charge in [0.15, 0.2) is 0 Å². The SMILES string of the molecule is CN(Cc1ccc(F)cc1Br)c1cnn(C)c(=O)c1Cl. The average molecular weight is 361 g/mol. The van der Waals surface area contributed by atoms with Crippen molar-refractivity contribution in [2.24, 2.45) is 7.05 Å². The van der Waals surface area contributed by atoms with E-state index in [-0.39, 0.29) is 16.4 Å². The Balaban J connectivity index is 2.31. The fourth-order valence-corrected chi connectivity index (χ4v) is 2.55. The molecule has 0 aliphatic rings. The molecule has 1 aromatic heterocycles. The van der Waals surface area contributed by atoms with Gasteiger partial charge >= 0.3 is 0 Å². The van der Waals surface area contributed by atoms with E-state index in [1.807, 2.05) is 0 Å². The molecule has 0 aliphatic heterocycles. The van der Waals surface area contributed by atoms with Crippen LogP contribution in [0.15, 0.2) is 33.7 Å². The number of halogens is 3. The third-order valence-electron chi connectivity index (χ3n) is 2.89. The molecule has 0 amide bonds. The van der Waals surface area contributed by atoms with Gasteiger partial charge in [0, 0.05) is 25.1 Å². The average Bonchev–Trinajstić information content (AvgIpc) is 2.39. The first-order chi connectivity index (χ1) is 9.40. The maximum atomic E-state index is 13.1. The van der Waals surface area contributed by atoms with Crippen LogP contribution in [-0.2, 0) is 13.6 Å². The van der Waals surface area contributed by atoms with Gasteiger partial charge in [-0.2, -0.15) is 5.10 Å². The quantitative estimate of drug-likeness (QED) is 0.844. The number of benzene rings is 1. The Labute approximate surface area is 128 Å². The Hall–Kier alpha value is -1.40. The van der Waals surface area contributed by atoms with Crippen LogP contribution in [-0.4, -0.2) is 16.8 Å². The summed E-state index contributed by atoms with van der Waals surface area (Å²) in [7, 11) is 3.33. The van der Waals surface area contributed by atoms with Gasteiger partial charge in [-0.1, -0.05) is 33.6 Å². The lowest BCUT2D eigenvalue weighted by Crippen LogP contribution is -2.25. The van der Waals surface area contributed by atoms with Crippen LogP contribution in [0.25, 0.3) is 0 Å². The fourth-order valence-electron chi connectivity index (χ4n) is 1.76. The second-order valence-electron chi connectivity index (χ2n) is 4.36. The molecule has 106 valence electrons. The highest BCUT2D eigenvalue weighted by molar-refractivity contribution is 9.10. The van der Waals surface area contributed by atoms with Crippen molar-refractivity contribution in [3.8, 4) is 0 Å². The monoisotopic (exact) mass is 359 g/mol. The van der Waals surface area contributed by atoms with Crippen LogP contribution in [0.3, 0.4) is 0 Å². The Morgan fingerprint density at radius 3 is 2.85 bits per heavy atom. The lowest BCUT2D eigenvalue weighted by Gasteiger charge is -2.20. The summed E-state index contributed by atoms with van der Waals surface area (Å²) in [6.07, 6.45) is 1.53. The molecule has 2 aromatic rings. The second-order valence-corrected chi connectivity index (χ2v) is 5.60. The smallest absolute Gasteiger partial charge is 0.287 e. The number of hydrogen-bond acceptors (Lipinski definition) is 3. The topological polar surface area (TPSA) is 38.1 Å². The molecule has 20 heavy (non-hydrogen) atoms. The second kappa shape index (κ2) is 5.93. The van der Waals surface area contributed by atoms with Crippen molar-refractivity contribution < 1.29 is 4.39 Å². The molecule has 0 bridgehead atoms. The molecule has 0 radical (unpaired) electrons. The lowest BCUT2D eigenvalue weighted by atomic mass is 10.2. The summed E-state index contributed by atoms with van der Waals surface area (Å²) in [4.78, 5) is 13.5. The van der Waals surface area contributed by atoms with Gasteiger partial charge in [-0.3, -0.25) is 4.79 Å². The molecule has 0 unspecified atom stereocenters. The van der Waals surface area contributed by atoms with E-state index in [4.69, 9.17) is 11.6 Å². The maximum absolute atomic E-state index is 13.1. The van der Waals surface area contributed by atoms with Crippen LogP contribution < -0.4 is 10.5 Å². The molecule has 0 saturated carbocycles. The van der Waals surface area contributed by atoms with Gasteiger partial charge in [0.25, 0.3) is 5.56 Å². The number of nitrogens with zero attached hydrogens (tertiary/aromatic N) is 3. The molecule has 4 nitrogen and oxygen atoms in total. The highest BCUT2D eigenvalue weighted by Crippen LogP contribution is 2.24. The van der Waals surface area contributed by atoms with E-state index in [1.165, 1.54) is 30.1 Å². The molecule has 0 fully saturated rings. The van der Waals surface area contributed by atoms with Crippen molar-refractivity contribution in [1.29, 1.82) is 0 Å². The number of aromatic nitrogens is 2. The summed E-state index contributed by atoms with van der Waals surface area (Å²) < 4.78 is 14.9. The van der Waals surface area contributed by atoms with E-state index < -0.39 is 0 Å². The van der Waals surface area contributed by atoms with Crippen molar-refractivity contribution in [1.82, 2.24) is 9.78 Å². The summed E-state index contributed by atoms with van der Waals surface area (Å²) in [5, 5.41) is 4.06. The van der Waals surface area contributed by atoms with Crippen molar-refractivity contribution in [2.75, 3.05) is 11.9 Å². The van der Waals surface area contributed by atoms with E-state index in [0.29, 0.717) is 16.7 Å². The van der Waals surface area contributed by atoms with Gasteiger partial charge in [0.05, 0.1) is 11.9 Å². The van der Waals surface area contributed by atoms with Crippen LogP contribution in [0.5, 0.6) is 0 Å². The molecular formula is C13H12BrClFN3O. The number of hydrogen-bond donors (Lipinski definition) is 0. The first-order valence-electron chi connectivity index (χ1n) is 5.77. The molecule has 0 spiro atoms. The molecule has 1 aromatic carbocycles. The predicted octanol–water partition coefficient (Wildman–Crippen LogP) is 2.97. The van der Waals surface area contributed by atoms with E-state index in [9.17, 15) is 9.18 Å². The largest absolute Gasteiger partial charge is 0.368 e. The third kappa shape index (κ3) is 3.02. The molecule has 0 saturated heterocycles. The van der Waals surface area contributed by atoms with E-state index in [2.05, 4.69) is 21.0 Å². The van der Waals surface area contributed by atoms with Crippen molar-refractivity contribution in [3.05, 3.63) is 55.6 Å². The molecular weight excluding hydrogens is 349 g/mol. The Kier molecular flexibility index (Phi) is 4.45. The zero-order chi connectivity index (χ0) is 14.9. The summed E-state index contributed by atoms with van der Waals surface area (Å²) in [5.74, 6) is -0.309.